The molecule has 1 aliphatic rings. The predicted octanol–water partition coefficient (Wildman–Crippen LogP) is 2.42. The highest BCUT2D eigenvalue weighted by Crippen LogP contribution is 2.30. The van der Waals surface area contributed by atoms with Crippen LogP contribution in [0.4, 0.5) is 14.5 Å². The third-order valence-electron chi connectivity index (χ3n) is 3.14. The van der Waals surface area contributed by atoms with Crippen LogP contribution in [0.25, 0.3) is 0 Å². The van der Waals surface area contributed by atoms with E-state index in [0.29, 0.717) is 19.0 Å². The van der Waals surface area contributed by atoms with E-state index < -0.39 is 17.5 Å². The number of nitrogens with zero attached hydrogens (tertiary/aromatic N) is 1. The number of carbonyl (C=O) groups is 1. The summed E-state index contributed by atoms with van der Waals surface area (Å²) < 4.78 is 26.9. The van der Waals surface area contributed by atoms with E-state index in [0.717, 1.165) is 25.0 Å². The van der Waals surface area contributed by atoms with Gasteiger partial charge in [0.2, 0.25) is 0 Å². The topological polar surface area (TPSA) is 46.3 Å². The second-order valence-electron chi connectivity index (χ2n) is 4.64. The van der Waals surface area contributed by atoms with Crippen molar-refractivity contribution in [1.82, 2.24) is 4.90 Å². The number of anilines is 1. The highest BCUT2D eigenvalue weighted by molar-refractivity contribution is 5.95. The number of rotatable bonds is 4. The SMILES string of the molecule is CCN(CC1CC1)C(=O)c1cc(F)cc(N)c1F. The fourth-order valence-corrected chi connectivity index (χ4v) is 1.90. The highest BCUT2D eigenvalue weighted by Gasteiger charge is 2.28. The molecule has 0 saturated heterocycles. The van der Waals surface area contributed by atoms with Crippen LogP contribution in [-0.2, 0) is 0 Å². The molecule has 3 nitrogen and oxygen atoms in total. The molecule has 0 bridgehead atoms. The lowest BCUT2D eigenvalue weighted by Gasteiger charge is -2.21. The Bertz CT molecular complexity index is 472. The molecule has 0 radical (unpaired) electrons. The zero-order valence-electron chi connectivity index (χ0n) is 10.2. The second-order valence-corrected chi connectivity index (χ2v) is 4.64. The van der Waals surface area contributed by atoms with E-state index in [1.54, 1.807) is 0 Å². The first kappa shape index (κ1) is 12.8. The van der Waals surface area contributed by atoms with Crippen molar-refractivity contribution in [2.75, 3.05) is 18.8 Å². The molecule has 2 N–H and O–H groups in total. The second kappa shape index (κ2) is 4.92. The summed E-state index contributed by atoms with van der Waals surface area (Å²) in [6.07, 6.45) is 2.19. The number of amides is 1. The minimum absolute atomic E-state index is 0.282. The number of nitrogens with two attached hydrogens (primary N) is 1. The van der Waals surface area contributed by atoms with Crippen LogP contribution in [0.5, 0.6) is 0 Å². The molecule has 1 aromatic rings. The van der Waals surface area contributed by atoms with Gasteiger partial charge >= 0.3 is 0 Å². The van der Waals surface area contributed by atoms with Gasteiger partial charge in [-0.2, -0.15) is 0 Å². The predicted molar refractivity (Wildman–Crippen MR) is 65.1 cm³/mol. The van der Waals surface area contributed by atoms with Gasteiger partial charge < -0.3 is 10.6 Å². The van der Waals surface area contributed by atoms with Crippen molar-refractivity contribution in [3.63, 3.8) is 0 Å². The van der Waals surface area contributed by atoms with Gasteiger partial charge in [-0.25, -0.2) is 8.78 Å². The maximum absolute atomic E-state index is 13.7. The van der Waals surface area contributed by atoms with Gasteiger partial charge in [-0.3, -0.25) is 4.79 Å². The average molecular weight is 254 g/mol. The molecule has 5 heteroatoms. The molecular formula is C13H16F2N2O. The minimum Gasteiger partial charge on any atom is -0.396 e. The van der Waals surface area contributed by atoms with Crippen LogP contribution in [0.2, 0.25) is 0 Å². The lowest BCUT2D eigenvalue weighted by Crippen LogP contribution is -2.33. The average Bonchev–Trinajstić information content (AvgIpc) is 3.13. The van der Waals surface area contributed by atoms with E-state index in [-0.39, 0.29) is 11.3 Å². The molecular weight excluding hydrogens is 238 g/mol. The molecule has 1 fully saturated rings. The van der Waals surface area contributed by atoms with Crippen LogP contribution in [-0.4, -0.2) is 23.9 Å². The molecule has 0 heterocycles. The molecule has 1 amide bonds. The summed E-state index contributed by atoms with van der Waals surface area (Å²) >= 11 is 0. The van der Waals surface area contributed by atoms with Crippen molar-refractivity contribution in [1.29, 1.82) is 0 Å². The maximum Gasteiger partial charge on any atom is 0.257 e. The fraction of sp³-hybridized carbons (Fsp3) is 0.462. The number of halogens is 2. The van der Waals surface area contributed by atoms with Crippen molar-refractivity contribution < 1.29 is 13.6 Å². The Labute approximate surface area is 105 Å². The first-order valence-electron chi connectivity index (χ1n) is 6.06. The van der Waals surface area contributed by atoms with Gasteiger partial charge in [0.05, 0.1) is 11.3 Å². The van der Waals surface area contributed by atoms with Gasteiger partial charge in [0, 0.05) is 13.1 Å². The zero-order chi connectivity index (χ0) is 13.3. The minimum atomic E-state index is -0.837. The molecule has 0 aromatic heterocycles. The zero-order valence-corrected chi connectivity index (χ0v) is 10.2. The number of hydrogen-bond donors (Lipinski definition) is 1. The van der Waals surface area contributed by atoms with Gasteiger partial charge in [-0.15, -0.1) is 0 Å². The summed E-state index contributed by atoms with van der Waals surface area (Å²) in [5, 5.41) is 0. The summed E-state index contributed by atoms with van der Waals surface area (Å²) in [5.74, 6) is -1.52. The van der Waals surface area contributed by atoms with Gasteiger partial charge in [-0.05, 0) is 37.8 Å². The van der Waals surface area contributed by atoms with E-state index in [1.165, 1.54) is 4.90 Å². The Balaban J connectivity index is 2.25. The Kier molecular flexibility index (Phi) is 3.50. The molecule has 18 heavy (non-hydrogen) atoms. The first-order valence-corrected chi connectivity index (χ1v) is 6.06. The number of hydrogen-bond acceptors (Lipinski definition) is 2. The summed E-state index contributed by atoms with van der Waals surface area (Å²) in [7, 11) is 0. The lowest BCUT2D eigenvalue weighted by molar-refractivity contribution is 0.0752. The highest BCUT2D eigenvalue weighted by atomic mass is 19.1. The molecule has 0 spiro atoms. The molecule has 0 aliphatic heterocycles. The van der Waals surface area contributed by atoms with Crippen molar-refractivity contribution in [3.05, 3.63) is 29.3 Å². The molecule has 2 rings (SSSR count). The van der Waals surface area contributed by atoms with Crippen molar-refractivity contribution in [2.45, 2.75) is 19.8 Å². The number of nitrogen functional groups attached to an aromatic ring is 1. The van der Waals surface area contributed by atoms with Crippen LogP contribution >= 0.6 is 0 Å². The van der Waals surface area contributed by atoms with E-state index in [1.807, 2.05) is 6.92 Å². The largest absolute Gasteiger partial charge is 0.396 e. The Morgan fingerprint density at radius 1 is 1.44 bits per heavy atom. The van der Waals surface area contributed by atoms with Gasteiger partial charge in [0.1, 0.15) is 5.82 Å². The molecule has 98 valence electrons. The summed E-state index contributed by atoms with van der Waals surface area (Å²) in [6.45, 7) is 2.90. The quantitative estimate of drug-likeness (QED) is 0.839. The molecule has 1 aromatic carbocycles. The fourth-order valence-electron chi connectivity index (χ4n) is 1.90. The standard InChI is InChI=1S/C13H16F2N2O/c1-2-17(7-8-3-4-8)13(18)10-5-9(14)6-11(16)12(10)15/h5-6,8H,2-4,7,16H2,1H3. The Morgan fingerprint density at radius 3 is 2.67 bits per heavy atom. The monoisotopic (exact) mass is 254 g/mol. The Morgan fingerprint density at radius 2 is 2.11 bits per heavy atom. The summed E-state index contributed by atoms with van der Waals surface area (Å²) in [4.78, 5) is 13.7. The van der Waals surface area contributed by atoms with Gasteiger partial charge in [-0.1, -0.05) is 0 Å². The van der Waals surface area contributed by atoms with Gasteiger partial charge in [0.15, 0.2) is 5.82 Å². The molecule has 1 saturated carbocycles. The normalized spacial score (nSPS) is 14.6. The van der Waals surface area contributed by atoms with E-state index in [9.17, 15) is 13.6 Å². The van der Waals surface area contributed by atoms with Crippen LogP contribution in [0.1, 0.15) is 30.1 Å². The van der Waals surface area contributed by atoms with Crippen LogP contribution in [0, 0.1) is 17.6 Å². The summed E-state index contributed by atoms with van der Waals surface area (Å²) in [5.41, 5.74) is 4.71. The maximum atomic E-state index is 13.7. The van der Waals surface area contributed by atoms with Crippen LogP contribution in [0.3, 0.4) is 0 Å². The molecule has 1 aliphatic carbocycles. The van der Waals surface area contributed by atoms with Crippen LogP contribution < -0.4 is 5.73 Å². The first-order chi connectivity index (χ1) is 8.52. The number of carbonyl (C=O) groups excluding carboxylic acids is 1. The van der Waals surface area contributed by atoms with Crippen molar-refractivity contribution in [2.24, 2.45) is 5.92 Å². The van der Waals surface area contributed by atoms with Gasteiger partial charge in [0.25, 0.3) is 5.91 Å². The van der Waals surface area contributed by atoms with E-state index in [2.05, 4.69) is 0 Å². The van der Waals surface area contributed by atoms with Crippen molar-refractivity contribution in [3.8, 4) is 0 Å². The smallest absolute Gasteiger partial charge is 0.257 e. The number of benzene rings is 1. The van der Waals surface area contributed by atoms with Crippen LogP contribution in [0.15, 0.2) is 12.1 Å². The third kappa shape index (κ3) is 2.60. The van der Waals surface area contributed by atoms with E-state index >= 15 is 0 Å². The Hall–Kier alpha value is -1.65. The lowest BCUT2D eigenvalue weighted by atomic mass is 10.1. The third-order valence-corrected chi connectivity index (χ3v) is 3.14. The summed E-state index contributed by atoms with van der Waals surface area (Å²) in [6, 6.07) is 1.78. The van der Waals surface area contributed by atoms with E-state index in [4.69, 9.17) is 5.73 Å². The molecule has 0 atom stereocenters. The molecule has 0 unspecified atom stereocenters. The van der Waals surface area contributed by atoms with Crippen molar-refractivity contribution >= 4 is 11.6 Å².